The Kier molecular flexibility index (Phi) is 8.70. The molecule has 0 aromatic heterocycles. The van der Waals surface area contributed by atoms with Crippen molar-refractivity contribution < 1.29 is 14.3 Å². The molecular formula is C27H36ClN3O3. The van der Waals surface area contributed by atoms with Gasteiger partial charge in [0.1, 0.15) is 5.75 Å². The van der Waals surface area contributed by atoms with Crippen LogP contribution in [0.15, 0.2) is 48.5 Å². The number of methoxy groups -OCH3 is 2. The number of piperidine rings is 1. The lowest BCUT2D eigenvalue weighted by Gasteiger charge is -2.47. The fourth-order valence-corrected chi connectivity index (χ4v) is 5.66. The van der Waals surface area contributed by atoms with Gasteiger partial charge >= 0.3 is 5.97 Å². The van der Waals surface area contributed by atoms with Crippen LogP contribution < -0.4 is 9.64 Å². The van der Waals surface area contributed by atoms with E-state index in [1.165, 1.54) is 18.4 Å². The molecule has 6 nitrogen and oxygen atoms in total. The van der Waals surface area contributed by atoms with Crippen molar-refractivity contribution in [2.75, 3.05) is 58.4 Å². The second-order valence-electron chi connectivity index (χ2n) is 9.25. The van der Waals surface area contributed by atoms with Gasteiger partial charge in [0.25, 0.3) is 0 Å². The lowest BCUT2D eigenvalue weighted by atomic mass is 9.86. The molecular weight excluding hydrogens is 450 g/mol. The molecule has 2 fully saturated rings. The lowest BCUT2D eigenvalue weighted by Crippen LogP contribution is -2.56. The van der Waals surface area contributed by atoms with E-state index in [1.807, 2.05) is 30.3 Å². The molecule has 0 unspecified atom stereocenters. The zero-order chi connectivity index (χ0) is 23.9. The van der Waals surface area contributed by atoms with E-state index in [2.05, 4.69) is 32.9 Å². The molecule has 2 saturated heterocycles. The van der Waals surface area contributed by atoms with Gasteiger partial charge in [-0.05, 0) is 49.1 Å². The number of para-hydroxylation sites is 2. The van der Waals surface area contributed by atoms with E-state index in [9.17, 15) is 4.79 Å². The minimum absolute atomic E-state index is 0.122. The van der Waals surface area contributed by atoms with Crippen LogP contribution in [-0.2, 0) is 16.1 Å². The Morgan fingerprint density at radius 2 is 1.74 bits per heavy atom. The molecule has 2 aliphatic rings. The summed E-state index contributed by atoms with van der Waals surface area (Å²) in [4.78, 5) is 19.5. The van der Waals surface area contributed by atoms with Crippen molar-refractivity contribution >= 4 is 23.3 Å². The highest BCUT2D eigenvalue weighted by Gasteiger charge is 2.35. The molecule has 184 valence electrons. The maximum atomic E-state index is 11.9. The summed E-state index contributed by atoms with van der Waals surface area (Å²) in [6.07, 6.45) is 2.42. The maximum absolute atomic E-state index is 11.9. The molecule has 34 heavy (non-hydrogen) atoms. The van der Waals surface area contributed by atoms with Crippen molar-refractivity contribution in [1.29, 1.82) is 0 Å². The van der Waals surface area contributed by atoms with Crippen molar-refractivity contribution in [1.82, 2.24) is 9.80 Å². The number of hydrogen-bond donors (Lipinski definition) is 0. The number of anilines is 1. The number of likely N-dealkylation sites (tertiary alicyclic amines) is 1. The second kappa shape index (κ2) is 11.9. The fourth-order valence-electron chi connectivity index (χ4n) is 5.46. The van der Waals surface area contributed by atoms with Gasteiger partial charge in [0.15, 0.2) is 0 Å². The molecule has 0 saturated carbocycles. The van der Waals surface area contributed by atoms with Crippen molar-refractivity contribution in [3.8, 4) is 5.75 Å². The van der Waals surface area contributed by atoms with Crippen LogP contribution in [0.25, 0.3) is 0 Å². The fraction of sp³-hybridized carbons (Fsp3) is 0.519. The SMILES string of the molecule is COC(=O)CC[C@@H]1CN(Cc2ccccc2Cl)CC[C@@H]1N1CCN(c2ccccc2OC)CC1. The molecule has 2 aromatic rings. The van der Waals surface area contributed by atoms with E-state index in [0.717, 1.165) is 69.4 Å². The monoisotopic (exact) mass is 485 g/mol. The summed E-state index contributed by atoms with van der Waals surface area (Å²) < 4.78 is 10.5. The van der Waals surface area contributed by atoms with Gasteiger partial charge in [-0.3, -0.25) is 14.6 Å². The van der Waals surface area contributed by atoms with Crippen LogP contribution in [0.4, 0.5) is 5.69 Å². The quantitative estimate of drug-likeness (QED) is 0.519. The van der Waals surface area contributed by atoms with E-state index in [0.29, 0.717) is 18.4 Å². The Morgan fingerprint density at radius 3 is 2.47 bits per heavy atom. The van der Waals surface area contributed by atoms with Crippen LogP contribution in [-0.4, -0.2) is 75.3 Å². The summed E-state index contributed by atoms with van der Waals surface area (Å²) in [5.41, 5.74) is 2.33. The van der Waals surface area contributed by atoms with E-state index >= 15 is 0 Å². The first-order chi connectivity index (χ1) is 16.6. The Hall–Kier alpha value is -2.28. The normalized spacial score (nSPS) is 21.9. The van der Waals surface area contributed by atoms with Gasteiger partial charge in [0.2, 0.25) is 0 Å². The van der Waals surface area contributed by atoms with Gasteiger partial charge in [-0.2, -0.15) is 0 Å². The van der Waals surface area contributed by atoms with Gasteiger partial charge < -0.3 is 14.4 Å². The zero-order valence-corrected chi connectivity index (χ0v) is 21.0. The first kappa shape index (κ1) is 24.8. The van der Waals surface area contributed by atoms with Crippen molar-refractivity contribution in [2.24, 2.45) is 5.92 Å². The van der Waals surface area contributed by atoms with Gasteiger partial charge in [-0.25, -0.2) is 0 Å². The van der Waals surface area contributed by atoms with Gasteiger partial charge in [0.05, 0.1) is 19.9 Å². The second-order valence-corrected chi connectivity index (χ2v) is 9.66. The lowest BCUT2D eigenvalue weighted by molar-refractivity contribution is -0.141. The molecule has 0 spiro atoms. The number of nitrogens with zero attached hydrogens (tertiary/aromatic N) is 3. The highest BCUT2D eigenvalue weighted by atomic mass is 35.5. The largest absolute Gasteiger partial charge is 0.495 e. The molecule has 7 heteroatoms. The molecule has 0 amide bonds. The molecule has 0 aliphatic carbocycles. The number of hydrogen-bond acceptors (Lipinski definition) is 6. The van der Waals surface area contributed by atoms with Gasteiger partial charge in [0, 0.05) is 56.8 Å². The van der Waals surface area contributed by atoms with Crippen LogP contribution in [0.3, 0.4) is 0 Å². The number of carbonyl (C=O) groups excluding carboxylic acids is 1. The third-order valence-electron chi connectivity index (χ3n) is 7.29. The predicted molar refractivity (Wildman–Crippen MR) is 137 cm³/mol. The molecule has 2 atom stereocenters. The minimum atomic E-state index is -0.122. The van der Waals surface area contributed by atoms with Crippen LogP contribution in [0.1, 0.15) is 24.8 Å². The summed E-state index contributed by atoms with van der Waals surface area (Å²) in [6.45, 7) is 6.84. The third-order valence-corrected chi connectivity index (χ3v) is 7.65. The standard InChI is InChI=1S/C27H36ClN3O3/c1-33-26-10-6-5-9-25(26)31-17-15-30(16-18-31)24-13-14-29(19-21-7-3-4-8-23(21)28)20-22(24)11-12-27(32)34-2/h3-10,22,24H,11-20H2,1-2H3/t22-,24+/m1/s1. The average Bonchev–Trinajstić information content (AvgIpc) is 2.89. The number of ether oxygens (including phenoxy) is 2. The number of halogens is 1. The first-order valence-corrected chi connectivity index (χ1v) is 12.6. The van der Waals surface area contributed by atoms with E-state index in [1.54, 1.807) is 7.11 Å². The van der Waals surface area contributed by atoms with Crippen molar-refractivity contribution in [2.45, 2.75) is 31.8 Å². The Balaban J connectivity index is 1.40. The zero-order valence-electron chi connectivity index (χ0n) is 20.3. The summed E-state index contributed by atoms with van der Waals surface area (Å²) in [6, 6.07) is 16.8. The molecule has 2 heterocycles. The molecule has 4 rings (SSSR count). The summed E-state index contributed by atoms with van der Waals surface area (Å²) in [5.74, 6) is 1.23. The first-order valence-electron chi connectivity index (χ1n) is 12.2. The topological polar surface area (TPSA) is 45.2 Å². The van der Waals surface area contributed by atoms with Crippen molar-refractivity contribution in [3.63, 3.8) is 0 Å². The molecule has 0 radical (unpaired) electrons. The summed E-state index contributed by atoms with van der Waals surface area (Å²) >= 11 is 6.43. The number of benzene rings is 2. The highest BCUT2D eigenvalue weighted by Crippen LogP contribution is 2.32. The van der Waals surface area contributed by atoms with E-state index in [4.69, 9.17) is 21.1 Å². The Bertz CT molecular complexity index is 948. The van der Waals surface area contributed by atoms with Crippen LogP contribution in [0, 0.1) is 5.92 Å². The minimum Gasteiger partial charge on any atom is -0.495 e. The number of carbonyl (C=O) groups is 1. The predicted octanol–water partition coefficient (Wildman–Crippen LogP) is 4.31. The Morgan fingerprint density at radius 1 is 1.00 bits per heavy atom. The Labute approximate surface area is 208 Å². The maximum Gasteiger partial charge on any atom is 0.305 e. The van der Waals surface area contributed by atoms with Crippen LogP contribution in [0.5, 0.6) is 5.75 Å². The van der Waals surface area contributed by atoms with E-state index in [-0.39, 0.29) is 5.97 Å². The molecule has 2 aromatic carbocycles. The number of esters is 1. The van der Waals surface area contributed by atoms with Gasteiger partial charge in [-0.15, -0.1) is 0 Å². The molecule has 0 bridgehead atoms. The van der Waals surface area contributed by atoms with Gasteiger partial charge in [-0.1, -0.05) is 41.9 Å². The smallest absolute Gasteiger partial charge is 0.305 e. The number of rotatable bonds is 8. The third kappa shape index (κ3) is 6.04. The highest BCUT2D eigenvalue weighted by molar-refractivity contribution is 6.31. The number of piperazine rings is 1. The average molecular weight is 486 g/mol. The summed E-state index contributed by atoms with van der Waals surface area (Å²) in [5, 5.41) is 0.822. The molecule has 0 N–H and O–H groups in total. The van der Waals surface area contributed by atoms with E-state index < -0.39 is 0 Å². The van der Waals surface area contributed by atoms with Crippen molar-refractivity contribution in [3.05, 3.63) is 59.1 Å². The molecule has 2 aliphatic heterocycles. The summed E-state index contributed by atoms with van der Waals surface area (Å²) in [7, 11) is 3.21. The van der Waals surface area contributed by atoms with Crippen LogP contribution in [0.2, 0.25) is 5.02 Å². The van der Waals surface area contributed by atoms with Crippen LogP contribution >= 0.6 is 11.6 Å².